The van der Waals surface area contributed by atoms with Gasteiger partial charge in [0.05, 0.1) is 5.56 Å². The maximum Gasteiger partial charge on any atom is 0.137 e. The van der Waals surface area contributed by atoms with Crippen LogP contribution in [-0.4, -0.2) is 31.1 Å². The Morgan fingerprint density at radius 3 is 2.76 bits per heavy atom. The van der Waals surface area contributed by atoms with Gasteiger partial charge in [-0.2, -0.15) is 5.26 Å². The second-order valence-electron chi connectivity index (χ2n) is 4.37. The number of nitriles is 1. The number of rotatable bonds is 2. The van der Waals surface area contributed by atoms with E-state index in [9.17, 15) is 4.39 Å². The van der Waals surface area contributed by atoms with E-state index in [0.717, 1.165) is 25.9 Å². The predicted octanol–water partition coefficient (Wildman–Crippen LogP) is 2.17. The number of piperidine rings is 1. The van der Waals surface area contributed by atoms with E-state index >= 15 is 0 Å². The van der Waals surface area contributed by atoms with Crippen LogP contribution in [0.15, 0.2) is 18.2 Å². The zero-order chi connectivity index (χ0) is 12.3. The number of benzene rings is 1. The lowest BCUT2D eigenvalue weighted by Gasteiger charge is -2.29. The number of nitrogens with zero attached hydrogens (tertiary/aromatic N) is 2. The Morgan fingerprint density at radius 2 is 2.12 bits per heavy atom. The Kier molecular flexibility index (Phi) is 3.60. The number of halogens is 1. The van der Waals surface area contributed by atoms with Crippen molar-refractivity contribution in [1.82, 2.24) is 4.90 Å². The molecule has 1 heterocycles. The first-order chi connectivity index (χ1) is 8.19. The molecule has 0 amide bonds. The third-order valence-electron chi connectivity index (χ3n) is 3.02. The van der Waals surface area contributed by atoms with Gasteiger partial charge in [0.25, 0.3) is 0 Å². The lowest BCUT2D eigenvalue weighted by molar-refractivity contribution is 0.114. The molecule has 1 aliphatic rings. The molecule has 0 spiro atoms. The molecule has 4 heteroatoms. The highest BCUT2D eigenvalue weighted by atomic mass is 19.1. The Labute approximate surface area is 100 Å². The van der Waals surface area contributed by atoms with Crippen molar-refractivity contribution in [2.75, 3.05) is 20.1 Å². The molecule has 17 heavy (non-hydrogen) atoms. The maximum absolute atomic E-state index is 13.0. The van der Waals surface area contributed by atoms with Gasteiger partial charge >= 0.3 is 0 Å². The van der Waals surface area contributed by atoms with Gasteiger partial charge in [-0.15, -0.1) is 0 Å². The Hall–Kier alpha value is -1.60. The molecular weight excluding hydrogens is 219 g/mol. The quantitative estimate of drug-likeness (QED) is 0.786. The van der Waals surface area contributed by atoms with Crippen LogP contribution < -0.4 is 4.74 Å². The van der Waals surface area contributed by atoms with Gasteiger partial charge in [0.2, 0.25) is 0 Å². The monoisotopic (exact) mass is 234 g/mol. The van der Waals surface area contributed by atoms with Crippen LogP contribution in [0.4, 0.5) is 4.39 Å². The summed E-state index contributed by atoms with van der Waals surface area (Å²) in [5, 5.41) is 8.91. The number of ether oxygens (including phenoxy) is 1. The van der Waals surface area contributed by atoms with Crippen LogP contribution in [0.3, 0.4) is 0 Å². The Bertz CT molecular complexity index is 434. The number of likely N-dealkylation sites (tertiary alicyclic amines) is 1. The van der Waals surface area contributed by atoms with Gasteiger partial charge in [-0.05, 0) is 38.1 Å². The zero-order valence-corrected chi connectivity index (χ0v) is 9.82. The van der Waals surface area contributed by atoms with Crippen molar-refractivity contribution in [2.45, 2.75) is 18.9 Å². The highest BCUT2D eigenvalue weighted by molar-refractivity contribution is 5.43. The number of hydrogen-bond donors (Lipinski definition) is 0. The van der Waals surface area contributed by atoms with Gasteiger partial charge in [-0.25, -0.2) is 4.39 Å². The fourth-order valence-corrected chi connectivity index (χ4v) is 1.97. The van der Waals surface area contributed by atoms with Crippen molar-refractivity contribution >= 4 is 0 Å². The van der Waals surface area contributed by atoms with Crippen LogP contribution in [0.2, 0.25) is 0 Å². The van der Waals surface area contributed by atoms with Crippen LogP contribution in [0.1, 0.15) is 18.4 Å². The summed E-state index contributed by atoms with van der Waals surface area (Å²) in [7, 11) is 2.08. The molecule has 0 bridgehead atoms. The third kappa shape index (κ3) is 2.95. The molecule has 3 nitrogen and oxygen atoms in total. The molecule has 1 aromatic carbocycles. The van der Waals surface area contributed by atoms with Crippen LogP contribution in [0.5, 0.6) is 5.75 Å². The Morgan fingerprint density at radius 1 is 1.41 bits per heavy atom. The van der Waals surface area contributed by atoms with Gasteiger partial charge in [0.1, 0.15) is 23.7 Å². The standard InChI is InChI=1S/C13H15FN2O/c1-16-6-4-12(5-7-16)17-13-3-2-11(14)8-10(13)9-15/h2-3,8,12H,4-7H2,1H3. The summed E-state index contributed by atoms with van der Waals surface area (Å²) in [4.78, 5) is 2.25. The molecule has 2 rings (SSSR count). The average Bonchev–Trinajstić information content (AvgIpc) is 2.34. The lowest BCUT2D eigenvalue weighted by Crippen LogP contribution is -2.35. The van der Waals surface area contributed by atoms with E-state index in [4.69, 9.17) is 10.00 Å². The van der Waals surface area contributed by atoms with Crippen molar-refractivity contribution in [3.05, 3.63) is 29.6 Å². The summed E-state index contributed by atoms with van der Waals surface area (Å²) in [6.45, 7) is 1.99. The fraction of sp³-hybridized carbons (Fsp3) is 0.462. The molecule has 1 aliphatic heterocycles. The first-order valence-corrected chi connectivity index (χ1v) is 5.74. The minimum atomic E-state index is -0.405. The maximum atomic E-state index is 13.0. The minimum Gasteiger partial charge on any atom is -0.489 e. The molecule has 1 fully saturated rings. The molecule has 0 atom stereocenters. The van der Waals surface area contributed by atoms with Gasteiger partial charge in [0.15, 0.2) is 0 Å². The second-order valence-corrected chi connectivity index (χ2v) is 4.37. The van der Waals surface area contributed by atoms with Gasteiger partial charge in [0, 0.05) is 13.1 Å². The van der Waals surface area contributed by atoms with Gasteiger partial charge in [-0.3, -0.25) is 0 Å². The fourth-order valence-electron chi connectivity index (χ4n) is 1.97. The molecule has 0 radical (unpaired) electrons. The van der Waals surface area contributed by atoms with E-state index in [1.807, 2.05) is 6.07 Å². The highest BCUT2D eigenvalue weighted by Crippen LogP contribution is 2.23. The van der Waals surface area contributed by atoms with Crippen molar-refractivity contribution in [2.24, 2.45) is 0 Å². The summed E-state index contributed by atoms with van der Waals surface area (Å²) in [5.41, 5.74) is 0.268. The van der Waals surface area contributed by atoms with Gasteiger partial charge < -0.3 is 9.64 Å². The van der Waals surface area contributed by atoms with E-state index in [2.05, 4.69) is 11.9 Å². The second kappa shape index (κ2) is 5.15. The SMILES string of the molecule is CN1CCC(Oc2ccc(F)cc2C#N)CC1. The van der Waals surface area contributed by atoms with Crippen molar-refractivity contribution in [3.63, 3.8) is 0 Å². The van der Waals surface area contributed by atoms with E-state index in [-0.39, 0.29) is 11.7 Å². The topological polar surface area (TPSA) is 36.3 Å². The normalized spacial score (nSPS) is 17.7. The first kappa shape index (κ1) is 11.9. The summed E-state index contributed by atoms with van der Waals surface area (Å²) in [5.74, 6) is 0.0840. The van der Waals surface area contributed by atoms with Crippen molar-refractivity contribution in [1.29, 1.82) is 5.26 Å². The van der Waals surface area contributed by atoms with Crippen LogP contribution in [0, 0.1) is 17.1 Å². The summed E-state index contributed by atoms with van der Waals surface area (Å²) < 4.78 is 18.7. The predicted molar refractivity (Wildman–Crippen MR) is 62.3 cm³/mol. The average molecular weight is 234 g/mol. The van der Waals surface area contributed by atoms with E-state index < -0.39 is 5.82 Å². The molecule has 0 aliphatic carbocycles. The molecule has 0 unspecified atom stereocenters. The molecule has 0 N–H and O–H groups in total. The number of hydrogen-bond acceptors (Lipinski definition) is 3. The van der Waals surface area contributed by atoms with E-state index in [1.165, 1.54) is 18.2 Å². The largest absolute Gasteiger partial charge is 0.489 e. The summed E-state index contributed by atoms with van der Waals surface area (Å²) >= 11 is 0. The van der Waals surface area contributed by atoms with Crippen molar-refractivity contribution in [3.8, 4) is 11.8 Å². The molecule has 1 saturated heterocycles. The van der Waals surface area contributed by atoms with Crippen molar-refractivity contribution < 1.29 is 9.13 Å². The molecule has 1 aromatic rings. The summed E-state index contributed by atoms with van der Waals surface area (Å²) in [6.07, 6.45) is 2.01. The molecule has 90 valence electrons. The van der Waals surface area contributed by atoms with Crippen LogP contribution in [0.25, 0.3) is 0 Å². The molecular formula is C13H15FN2O. The summed E-state index contributed by atoms with van der Waals surface area (Å²) in [6, 6.07) is 6.03. The highest BCUT2D eigenvalue weighted by Gasteiger charge is 2.19. The molecule has 0 aromatic heterocycles. The zero-order valence-electron chi connectivity index (χ0n) is 9.82. The lowest BCUT2D eigenvalue weighted by atomic mass is 10.1. The van der Waals surface area contributed by atoms with E-state index in [1.54, 1.807) is 0 Å². The van der Waals surface area contributed by atoms with Crippen LogP contribution in [-0.2, 0) is 0 Å². The Balaban J connectivity index is 2.06. The smallest absolute Gasteiger partial charge is 0.137 e. The minimum absolute atomic E-state index is 0.128. The first-order valence-electron chi connectivity index (χ1n) is 5.74. The van der Waals surface area contributed by atoms with Gasteiger partial charge in [-0.1, -0.05) is 0 Å². The van der Waals surface area contributed by atoms with Crippen LogP contribution >= 0.6 is 0 Å². The third-order valence-corrected chi connectivity index (χ3v) is 3.02. The van der Waals surface area contributed by atoms with E-state index in [0.29, 0.717) is 5.75 Å². The molecule has 0 saturated carbocycles.